The quantitative estimate of drug-likeness (QED) is 0.319. The highest BCUT2D eigenvalue weighted by molar-refractivity contribution is 5.88. The first-order chi connectivity index (χ1) is 15.1. The van der Waals surface area contributed by atoms with Crippen molar-refractivity contribution in [2.24, 2.45) is 0 Å². The molecule has 0 radical (unpaired) electrons. The molecule has 2 aromatic rings. The third-order valence-electron chi connectivity index (χ3n) is 7.28. The monoisotopic (exact) mass is 432 g/mol. The molecule has 1 N–H and O–H groups in total. The summed E-state index contributed by atoms with van der Waals surface area (Å²) in [6.07, 6.45) is 14.4. The Balaban J connectivity index is 1.95. The predicted octanol–water partition coefficient (Wildman–Crippen LogP) is 8.42. The minimum atomic E-state index is -0.884. The Hall–Kier alpha value is -2.35. The molecule has 0 fully saturated rings. The molecule has 3 rings (SSSR count). The van der Waals surface area contributed by atoms with Crippen LogP contribution >= 0.6 is 0 Å². The lowest BCUT2D eigenvalue weighted by Crippen LogP contribution is -2.34. The number of carbonyl (C=O) groups is 1. The summed E-state index contributed by atoms with van der Waals surface area (Å²) < 4.78 is 0. The molecule has 2 aromatic carbocycles. The third-order valence-corrected chi connectivity index (χ3v) is 7.28. The third kappa shape index (κ3) is 5.71. The van der Waals surface area contributed by atoms with Gasteiger partial charge in [-0.2, -0.15) is 0 Å². The van der Waals surface area contributed by atoms with E-state index in [4.69, 9.17) is 5.11 Å². The maximum absolute atomic E-state index is 11.1. The van der Waals surface area contributed by atoms with Crippen molar-refractivity contribution in [1.82, 2.24) is 0 Å². The van der Waals surface area contributed by atoms with Crippen LogP contribution in [0.3, 0.4) is 0 Å². The van der Waals surface area contributed by atoms with Crippen LogP contribution < -0.4 is 0 Å². The Morgan fingerprint density at radius 3 is 2.06 bits per heavy atom. The fourth-order valence-electron chi connectivity index (χ4n) is 4.89. The number of hydrogen-bond donors (Lipinski definition) is 1. The average molecular weight is 433 g/mol. The highest BCUT2D eigenvalue weighted by Crippen LogP contribution is 2.47. The van der Waals surface area contributed by atoms with Gasteiger partial charge in [0.05, 0.1) is 5.56 Å². The van der Waals surface area contributed by atoms with Gasteiger partial charge in [0.15, 0.2) is 0 Å². The van der Waals surface area contributed by atoms with Crippen LogP contribution in [0.25, 0.3) is 12.2 Å². The summed E-state index contributed by atoms with van der Waals surface area (Å²) in [5.74, 6) is -0.884. The van der Waals surface area contributed by atoms with Crippen molar-refractivity contribution >= 4 is 18.1 Å². The van der Waals surface area contributed by atoms with Crippen LogP contribution in [0.5, 0.6) is 0 Å². The molecule has 0 heterocycles. The van der Waals surface area contributed by atoms with Gasteiger partial charge in [-0.25, -0.2) is 4.79 Å². The van der Waals surface area contributed by atoms with E-state index in [1.54, 1.807) is 12.1 Å². The van der Waals surface area contributed by atoms with Crippen LogP contribution in [-0.4, -0.2) is 11.1 Å². The lowest BCUT2D eigenvalue weighted by Gasteiger charge is -2.42. The van der Waals surface area contributed by atoms with Crippen molar-refractivity contribution in [3.63, 3.8) is 0 Å². The van der Waals surface area contributed by atoms with E-state index >= 15 is 0 Å². The highest BCUT2D eigenvalue weighted by Gasteiger charge is 2.37. The fourth-order valence-corrected chi connectivity index (χ4v) is 4.89. The van der Waals surface area contributed by atoms with E-state index in [0.717, 1.165) is 12.0 Å². The minimum absolute atomic E-state index is 0.191. The van der Waals surface area contributed by atoms with Gasteiger partial charge in [0.1, 0.15) is 0 Å². The fraction of sp³-hybridized carbons (Fsp3) is 0.500. The van der Waals surface area contributed by atoms with Gasteiger partial charge in [-0.15, -0.1) is 0 Å². The first-order valence-electron chi connectivity index (χ1n) is 12.3. The molecule has 0 aromatic heterocycles. The Labute approximate surface area is 194 Å². The maximum Gasteiger partial charge on any atom is 0.335 e. The smallest absolute Gasteiger partial charge is 0.335 e. The SMILES string of the molecule is CCCCCCCc1cc2c(cc1C=Cc1ccc(C(=O)O)cc1)C(C)(C)CCC2(C)C. The molecule has 0 bridgehead atoms. The van der Waals surface area contributed by atoms with Crippen molar-refractivity contribution in [2.75, 3.05) is 0 Å². The summed E-state index contributed by atoms with van der Waals surface area (Å²) in [6.45, 7) is 11.8. The summed E-state index contributed by atoms with van der Waals surface area (Å²) in [6, 6.07) is 12.1. The number of rotatable bonds is 9. The largest absolute Gasteiger partial charge is 0.478 e. The standard InChI is InChI=1S/C30H40O2/c1-6-7-8-9-10-11-24-20-26-27(30(4,5)19-18-29(26,2)3)21-25(24)17-14-22-12-15-23(16-13-22)28(31)32/h12-17,20-21H,6-11,18-19H2,1-5H3,(H,31,32). The lowest BCUT2D eigenvalue weighted by atomic mass is 9.62. The van der Waals surface area contributed by atoms with Gasteiger partial charge in [-0.05, 0) is 76.5 Å². The zero-order chi connectivity index (χ0) is 23.4. The molecular formula is C30H40O2. The predicted molar refractivity (Wildman–Crippen MR) is 137 cm³/mol. The highest BCUT2D eigenvalue weighted by atomic mass is 16.4. The molecule has 2 heteroatoms. The zero-order valence-corrected chi connectivity index (χ0v) is 20.6. The summed E-state index contributed by atoms with van der Waals surface area (Å²) >= 11 is 0. The molecule has 0 aliphatic heterocycles. The van der Waals surface area contributed by atoms with Crippen LogP contribution in [-0.2, 0) is 17.3 Å². The maximum atomic E-state index is 11.1. The molecule has 32 heavy (non-hydrogen) atoms. The second kappa shape index (κ2) is 10.1. The lowest BCUT2D eigenvalue weighted by molar-refractivity contribution is 0.0697. The Kier molecular flexibility index (Phi) is 7.64. The Morgan fingerprint density at radius 2 is 1.47 bits per heavy atom. The molecular weight excluding hydrogens is 392 g/mol. The number of aromatic carboxylic acids is 1. The summed E-state index contributed by atoms with van der Waals surface area (Å²) in [7, 11) is 0. The van der Waals surface area contributed by atoms with E-state index < -0.39 is 5.97 Å². The minimum Gasteiger partial charge on any atom is -0.478 e. The van der Waals surface area contributed by atoms with Gasteiger partial charge in [0.25, 0.3) is 0 Å². The van der Waals surface area contributed by atoms with E-state index in [-0.39, 0.29) is 10.8 Å². The van der Waals surface area contributed by atoms with Crippen LogP contribution in [0.15, 0.2) is 36.4 Å². The summed E-state index contributed by atoms with van der Waals surface area (Å²) in [4.78, 5) is 11.1. The van der Waals surface area contributed by atoms with Crippen LogP contribution in [0.4, 0.5) is 0 Å². The van der Waals surface area contributed by atoms with Crippen LogP contribution in [0.2, 0.25) is 0 Å². The second-order valence-corrected chi connectivity index (χ2v) is 10.8. The molecule has 0 amide bonds. The van der Waals surface area contributed by atoms with Crippen molar-refractivity contribution in [3.05, 3.63) is 69.8 Å². The molecule has 0 atom stereocenters. The van der Waals surface area contributed by atoms with Crippen molar-refractivity contribution in [1.29, 1.82) is 0 Å². The Bertz CT molecular complexity index is 961. The molecule has 0 saturated heterocycles. The van der Waals surface area contributed by atoms with Crippen molar-refractivity contribution < 1.29 is 9.90 Å². The summed E-state index contributed by atoms with van der Waals surface area (Å²) in [5.41, 5.74) is 7.54. The zero-order valence-electron chi connectivity index (χ0n) is 20.6. The number of benzene rings is 2. The first kappa shape index (κ1) is 24.3. The van der Waals surface area contributed by atoms with E-state index in [9.17, 15) is 4.79 Å². The molecule has 0 unspecified atom stereocenters. The summed E-state index contributed by atoms with van der Waals surface area (Å²) in [5, 5.41) is 9.14. The number of hydrogen-bond acceptors (Lipinski definition) is 1. The number of carboxylic acids is 1. The van der Waals surface area contributed by atoms with E-state index in [2.05, 4.69) is 58.9 Å². The van der Waals surface area contributed by atoms with Gasteiger partial charge in [0.2, 0.25) is 0 Å². The molecule has 2 nitrogen and oxygen atoms in total. The second-order valence-electron chi connectivity index (χ2n) is 10.8. The van der Waals surface area contributed by atoms with E-state index in [1.165, 1.54) is 67.2 Å². The Morgan fingerprint density at radius 1 is 0.875 bits per heavy atom. The van der Waals surface area contributed by atoms with E-state index in [0.29, 0.717) is 5.56 Å². The van der Waals surface area contributed by atoms with Gasteiger partial charge in [-0.1, -0.05) is 96.7 Å². The number of unbranched alkanes of at least 4 members (excludes halogenated alkanes) is 4. The van der Waals surface area contributed by atoms with Gasteiger partial charge in [-0.3, -0.25) is 0 Å². The number of fused-ring (bicyclic) bond motifs is 1. The number of aryl methyl sites for hydroxylation is 1. The van der Waals surface area contributed by atoms with Crippen molar-refractivity contribution in [2.45, 2.75) is 96.8 Å². The van der Waals surface area contributed by atoms with Gasteiger partial charge < -0.3 is 5.11 Å². The normalized spacial score (nSPS) is 16.8. The topological polar surface area (TPSA) is 37.3 Å². The van der Waals surface area contributed by atoms with E-state index in [1.807, 2.05) is 12.1 Å². The number of carboxylic acid groups (broad SMARTS) is 1. The molecule has 0 spiro atoms. The molecule has 1 aliphatic rings. The van der Waals surface area contributed by atoms with Gasteiger partial charge >= 0.3 is 5.97 Å². The first-order valence-corrected chi connectivity index (χ1v) is 12.3. The molecule has 0 saturated carbocycles. The van der Waals surface area contributed by atoms with Crippen LogP contribution in [0, 0.1) is 0 Å². The van der Waals surface area contributed by atoms with Crippen LogP contribution in [0.1, 0.15) is 118 Å². The molecule has 172 valence electrons. The average Bonchev–Trinajstić information content (AvgIpc) is 2.75. The van der Waals surface area contributed by atoms with Crippen molar-refractivity contribution in [3.8, 4) is 0 Å². The van der Waals surface area contributed by atoms with Gasteiger partial charge in [0, 0.05) is 0 Å². The molecule has 1 aliphatic carbocycles.